The van der Waals surface area contributed by atoms with E-state index >= 15 is 0 Å². The molecule has 5 heteroatoms. The second-order valence-electron chi connectivity index (χ2n) is 7.55. The van der Waals surface area contributed by atoms with Crippen LogP contribution >= 0.6 is 0 Å². The summed E-state index contributed by atoms with van der Waals surface area (Å²) in [6.07, 6.45) is 4.30. The molecule has 0 saturated carbocycles. The third-order valence-electron chi connectivity index (χ3n) is 5.31. The van der Waals surface area contributed by atoms with Gasteiger partial charge >= 0.3 is 0 Å². The van der Waals surface area contributed by atoms with Gasteiger partial charge in [-0.25, -0.2) is 0 Å². The molecule has 0 spiro atoms. The van der Waals surface area contributed by atoms with E-state index in [1.807, 2.05) is 38.1 Å². The standard InChI is InChI=1S/C23H25N3O2/c1-15-5-3-8-20(13-15)23-25-22(28-26-23)12-11-21(27)24-16(2)18-10-9-17-6-4-7-19(17)14-18/h3,5,8-10,13-14,16H,4,6-7,11-12H2,1-2H3,(H,24,27). The fourth-order valence-electron chi connectivity index (χ4n) is 3.74. The Balaban J connectivity index is 1.32. The summed E-state index contributed by atoms with van der Waals surface area (Å²) in [6, 6.07) is 14.5. The van der Waals surface area contributed by atoms with Crippen molar-refractivity contribution < 1.29 is 9.32 Å². The average molecular weight is 375 g/mol. The van der Waals surface area contributed by atoms with Crippen LogP contribution in [-0.2, 0) is 24.1 Å². The number of hydrogen-bond acceptors (Lipinski definition) is 4. The number of carbonyl (C=O) groups is 1. The zero-order chi connectivity index (χ0) is 19.5. The molecule has 1 aliphatic rings. The highest BCUT2D eigenvalue weighted by Gasteiger charge is 2.16. The van der Waals surface area contributed by atoms with Crippen molar-refractivity contribution in [3.63, 3.8) is 0 Å². The minimum absolute atomic E-state index is 0.0102. The number of benzene rings is 2. The second kappa shape index (κ2) is 7.97. The van der Waals surface area contributed by atoms with Gasteiger partial charge in [-0.05, 0) is 55.9 Å². The summed E-state index contributed by atoms with van der Waals surface area (Å²) >= 11 is 0. The Hall–Kier alpha value is -2.95. The summed E-state index contributed by atoms with van der Waals surface area (Å²) in [7, 11) is 0. The SMILES string of the molecule is Cc1cccc(-c2noc(CCC(=O)NC(C)c3ccc4c(c3)CCC4)n2)c1. The van der Waals surface area contributed by atoms with Crippen LogP contribution in [0, 0.1) is 6.92 Å². The minimum Gasteiger partial charge on any atom is -0.350 e. The molecule has 1 aliphatic carbocycles. The van der Waals surface area contributed by atoms with Gasteiger partial charge in [-0.3, -0.25) is 4.79 Å². The predicted octanol–water partition coefficient (Wildman–Crippen LogP) is 4.34. The number of carbonyl (C=O) groups excluding carboxylic acids is 1. The van der Waals surface area contributed by atoms with Crippen LogP contribution in [0.4, 0.5) is 0 Å². The molecule has 1 amide bonds. The van der Waals surface area contributed by atoms with Gasteiger partial charge in [0.25, 0.3) is 0 Å². The Labute approximate surface area is 165 Å². The smallest absolute Gasteiger partial charge is 0.227 e. The minimum atomic E-state index is -0.0108. The summed E-state index contributed by atoms with van der Waals surface area (Å²) in [4.78, 5) is 16.8. The van der Waals surface area contributed by atoms with Gasteiger partial charge in [0.15, 0.2) is 0 Å². The maximum absolute atomic E-state index is 12.4. The Bertz CT molecular complexity index is 993. The van der Waals surface area contributed by atoms with Gasteiger partial charge < -0.3 is 9.84 Å². The van der Waals surface area contributed by atoms with E-state index in [-0.39, 0.29) is 11.9 Å². The molecule has 0 fully saturated rings. The first kappa shape index (κ1) is 18.4. The van der Waals surface area contributed by atoms with Crippen molar-refractivity contribution in [3.05, 3.63) is 70.6 Å². The number of nitrogens with zero attached hydrogens (tertiary/aromatic N) is 2. The van der Waals surface area contributed by atoms with Crippen LogP contribution in [0.2, 0.25) is 0 Å². The van der Waals surface area contributed by atoms with Crippen LogP contribution in [0.3, 0.4) is 0 Å². The number of amides is 1. The van der Waals surface area contributed by atoms with Crippen LogP contribution in [-0.4, -0.2) is 16.0 Å². The van der Waals surface area contributed by atoms with Crippen LogP contribution < -0.4 is 5.32 Å². The first-order valence-electron chi connectivity index (χ1n) is 9.89. The molecular formula is C23H25N3O2. The third-order valence-corrected chi connectivity index (χ3v) is 5.31. The van der Waals surface area contributed by atoms with E-state index in [0.29, 0.717) is 24.6 Å². The topological polar surface area (TPSA) is 68.0 Å². The number of fused-ring (bicyclic) bond motifs is 1. The van der Waals surface area contributed by atoms with Crippen molar-refractivity contribution in [1.82, 2.24) is 15.5 Å². The number of hydrogen-bond donors (Lipinski definition) is 1. The molecule has 0 radical (unpaired) electrons. The van der Waals surface area contributed by atoms with Gasteiger partial charge in [-0.2, -0.15) is 4.98 Å². The van der Waals surface area contributed by atoms with Crippen LogP contribution in [0.15, 0.2) is 47.0 Å². The summed E-state index contributed by atoms with van der Waals surface area (Å²) in [5.41, 5.74) is 6.10. The highest BCUT2D eigenvalue weighted by Crippen LogP contribution is 2.25. The van der Waals surface area contributed by atoms with Crippen LogP contribution in [0.25, 0.3) is 11.4 Å². The van der Waals surface area contributed by atoms with Crippen molar-refractivity contribution in [2.45, 2.75) is 52.0 Å². The van der Waals surface area contributed by atoms with Gasteiger partial charge in [-0.15, -0.1) is 0 Å². The van der Waals surface area contributed by atoms with Gasteiger partial charge in [0.1, 0.15) is 0 Å². The van der Waals surface area contributed by atoms with E-state index in [2.05, 4.69) is 33.7 Å². The van der Waals surface area contributed by atoms with Gasteiger partial charge in [0, 0.05) is 18.4 Å². The highest BCUT2D eigenvalue weighted by molar-refractivity contribution is 5.76. The van der Waals surface area contributed by atoms with E-state index in [9.17, 15) is 4.79 Å². The maximum Gasteiger partial charge on any atom is 0.227 e. The molecule has 144 valence electrons. The van der Waals surface area contributed by atoms with E-state index in [1.165, 1.54) is 24.0 Å². The number of nitrogens with one attached hydrogen (secondary N) is 1. The normalized spacial score (nSPS) is 13.9. The zero-order valence-electron chi connectivity index (χ0n) is 16.4. The second-order valence-corrected chi connectivity index (χ2v) is 7.55. The lowest BCUT2D eigenvalue weighted by atomic mass is 10.0. The molecular weight excluding hydrogens is 350 g/mol. The quantitative estimate of drug-likeness (QED) is 0.696. The monoisotopic (exact) mass is 375 g/mol. The predicted molar refractivity (Wildman–Crippen MR) is 108 cm³/mol. The molecule has 1 aromatic heterocycles. The van der Waals surface area contributed by atoms with Crippen LogP contribution in [0.5, 0.6) is 0 Å². The fraction of sp³-hybridized carbons (Fsp3) is 0.348. The Kier molecular flexibility index (Phi) is 5.24. The molecule has 1 heterocycles. The molecule has 1 N–H and O–H groups in total. The largest absolute Gasteiger partial charge is 0.350 e. The van der Waals surface area contributed by atoms with Crippen molar-refractivity contribution in [2.24, 2.45) is 0 Å². The average Bonchev–Trinajstić information content (AvgIpc) is 3.35. The molecule has 3 aromatic rings. The molecule has 0 saturated heterocycles. The Morgan fingerprint density at radius 2 is 2.04 bits per heavy atom. The Morgan fingerprint density at radius 3 is 2.89 bits per heavy atom. The van der Waals surface area contributed by atoms with Gasteiger partial charge in [-0.1, -0.05) is 47.1 Å². The van der Waals surface area contributed by atoms with E-state index in [4.69, 9.17) is 4.52 Å². The Morgan fingerprint density at radius 1 is 1.18 bits per heavy atom. The van der Waals surface area contributed by atoms with E-state index < -0.39 is 0 Å². The van der Waals surface area contributed by atoms with Crippen molar-refractivity contribution in [3.8, 4) is 11.4 Å². The lowest BCUT2D eigenvalue weighted by molar-refractivity contribution is -0.121. The third kappa shape index (κ3) is 4.14. The number of rotatable bonds is 6. The van der Waals surface area contributed by atoms with E-state index in [1.54, 1.807) is 0 Å². The molecule has 1 unspecified atom stereocenters. The molecule has 4 rings (SSSR count). The van der Waals surface area contributed by atoms with Crippen molar-refractivity contribution >= 4 is 5.91 Å². The highest BCUT2D eigenvalue weighted by atomic mass is 16.5. The fourth-order valence-corrected chi connectivity index (χ4v) is 3.74. The lowest BCUT2D eigenvalue weighted by Crippen LogP contribution is -2.26. The van der Waals surface area contributed by atoms with Gasteiger partial charge in [0.2, 0.25) is 17.6 Å². The molecule has 0 aliphatic heterocycles. The molecule has 1 atom stereocenters. The summed E-state index contributed by atoms with van der Waals surface area (Å²) in [5, 5.41) is 7.10. The van der Waals surface area contributed by atoms with E-state index in [0.717, 1.165) is 23.1 Å². The molecule has 2 aromatic carbocycles. The first-order valence-corrected chi connectivity index (χ1v) is 9.89. The maximum atomic E-state index is 12.4. The lowest BCUT2D eigenvalue weighted by Gasteiger charge is -2.15. The van der Waals surface area contributed by atoms with Crippen molar-refractivity contribution in [1.29, 1.82) is 0 Å². The summed E-state index contributed by atoms with van der Waals surface area (Å²) in [5.74, 6) is 1.03. The summed E-state index contributed by atoms with van der Waals surface area (Å²) in [6.45, 7) is 4.05. The first-order chi connectivity index (χ1) is 13.6. The van der Waals surface area contributed by atoms with Gasteiger partial charge in [0.05, 0.1) is 6.04 Å². The molecule has 28 heavy (non-hydrogen) atoms. The molecule has 0 bridgehead atoms. The number of aryl methyl sites for hydroxylation is 4. The molecule has 5 nitrogen and oxygen atoms in total. The summed E-state index contributed by atoms with van der Waals surface area (Å²) < 4.78 is 5.31. The van der Waals surface area contributed by atoms with Crippen molar-refractivity contribution in [2.75, 3.05) is 0 Å². The number of aromatic nitrogens is 2. The zero-order valence-corrected chi connectivity index (χ0v) is 16.4. The van der Waals surface area contributed by atoms with Crippen LogP contribution in [0.1, 0.15) is 54.0 Å².